The van der Waals surface area contributed by atoms with Crippen LogP contribution in [0.5, 0.6) is 5.75 Å². The van der Waals surface area contributed by atoms with E-state index in [0.717, 1.165) is 25.1 Å². The molecule has 1 unspecified atom stereocenters. The zero-order valence-corrected chi connectivity index (χ0v) is 16.6. The second-order valence-corrected chi connectivity index (χ2v) is 6.82. The molecular weight excluding hydrogens is 370 g/mol. The summed E-state index contributed by atoms with van der Waals surface area (Å²) in [5, 5.41) is 8.72. The molecule has 2 aromatic rings. The number of benzene rings is 2. The number of carbonyl (C=O) groups is 2. The number of anilines is 3. The van der Waals surface area contributed by atoms with Gasteiger partial charge in [-0.2, -0.15) is 0 Å². The molecule has 0 radical (unpaired) electrons. The van der Waals surface area contributed by atoms with Crippen molar-refractivity contribution in [3.63, 3.8) is 0 Å². The fourth-order valence-corrected chi connectivity index (χ4v) is 2.96. The Hall–Kier alpha value is -3.06. The molecule has 0 spiro atoms. The number of nitrogens with one attached hydrogen (secondary N) is 3. The molecule has 0 bridgehead atoms. The van der Waals surface area contributed by atoms with Crippen LogP contribution in [0.25, 0.3) is 0 Å². The number of amides is 2. The SMILES string of the molecule is CCC(=O)Nc1ccc(NC(=O)CNc2ccccc2OCC2CCCO2)cc1. The molecule has 7 heteroatoms. The van der Waals surface area contributed by atoms with E-state index in [9.17, 15) is 9.59 Å². The highest BCUT2D eigenvalue weighted by molar-refractivity contribution is 5.95. The topological polar surface area (TPSA) is 88.7 Å². The lowest BCUT2D eigenvalue weighted by molar-refractivity contribution is -0.116. The third-order valence-corrected chi connectivity index (χ3v) is 4.55. The molecule has 1 fully saturated rings. The van der Waals surface area contributed by atoms with Crippen molar-refractivity contribution in [2.75, 3.05) is 35.7 Å². The minimum atomic E-state index is -0.177. The number of hydrogen-bond acceptors (Lipinski definition) is 5. The summed E-state index contributed by atoms with van der Waals surface area (Å²) in [7, 11) is 0. The maximum absolute atomic E-state index is 12.3. The molecule has 1 heterocycles. The van der Waals surface area contributed by atoms with Crippen molar-refractivity contribution in [3.05, 3.63) is 48.5 Å². The van der Waals surface area contributed by atoms with Gasteiger partial charge < -0.3 is 25.4 Å². The summed E-state index contributed by atoms with van der Waals surface area (Å²) in [5.74, 6) is 0.474. The van der Waals surface area contributed by atoms with Crippen LogP contribution in [0.3, 0.4) is 0 Å². The van der Waals surface area contributed by atoms with Gasteiger partial charge in [0, 0.05) is 24.4 Å². The molecule has 0 aliphatic carbocycles. The molecule has 0 aromatic heterocycles. The van der Waals surface area contributed by atoms with Crippen molar-refractivity contribution in [2.24, 2.45) is 0 Å². The normalized spacial score (nSPS) is 15.6. The van der Waals surface area contributed by atoms with Gasteiger partial charge in [-0.25, -0.2) is 0 Å². The van der Waals surface area contributed by atoms with Gasteiger partial charge in [-0.05, 0) is 49.2 Å². The van der Waals surface area contributed by atoms with Crippen LogP contribution in [0.2, 0.25) is 0 Å². The zero-order chi connectivity index (χ0) is 20.5. The second kappa shape index (κ2) is 10.5. The van der Waals surface area contributed by atoms with Gasteiger partial charge >= 0.3 is 0 Å². The van der Waals surface area contributed by atoms with Crippen molar-refractivity contribution in [3.8, 4) is 5.75 Å². The molecule has 1 aliphatic rings. The Labute approximate surface area is 170 Å². The average Bonchev–Trinajstić information content (AvgIpc) is 3.26. The molecule has 2 amide bonds. The van der Waals surface area contributed by atoms with Gasteiger partial charge in [-0.3, -0.25) is 9.59 Å². The van der Waals surface area contributed by atoms with Crippen molar-refractivity contribution >= 4 is 28.9 Å². The van der Waals surface area contributed by atoms with Gasteiger partial charge in [-0.15, -0.1) is 0 Å². The summed E-state index contributed by atoms with van der Waals surface area (Å²) in [6, 6.07) is 14.6. The molecular formula is C22H27N3O4. The fraction of sp³-hybridized carbons (Fsp3) is 0.364. The lowest BCUT2D eigenvalue weighted by Crippen LogP contribution is -2.22. The van der Waals surface area contributed by atoms with Crippen LogP contribution in [0.1, 0.15) is 26.2 Å². The first-order valence-corrected chi connectivity index (χ1v) is 9.91. The summed E-state index contributed by atoms with van der Waals surface area (Å²) in [6.45, 7) is 3.20. The standard InChI is InChI=1S/C22H27N3O4/c1-2-21(26)24-16-9-11-17(12-10-16)25-22(27)14-23-19-7-3-4-8-20(19)29-15-18-6-5-13-28-18/h3-4,7-12,18,23H,2,5-6,13-15H2,1H3,(H,24,26)(H,25,27). The van der Waals surface area contributed by atoms with E-state index in [1.807, 2.05) is 24.3 Å². The van der Waals surface area contributed by atoms with Crippen molar-refractivity contribution < 1.29 is 19.1 Å². The molecule has 0 saturated carbocycles. The monoisotopic (exact) mass is 397 g/mol. The third-order valence-electron chi connectivity index (χ3n) is 4.55. The molecule has 1 atom stereocenters. The Kier molecular flexibility index (Phi) is 7.47. The molecule has 2 aromatic carbocycles. The first-order chi connectivity index (χ1) is 14.1. The summed E-state index contributed by atoms with van der Waals surface area (Å²) in [5.41, 5.74) is 2.12. The highest BCUT2D eigenvalue weighted by Crippen LogP contribution is 2.25. The minimum Gasteiger partial charge on any atom is -0.489 e. The Balaban J connectivity index is 1.48. The Morgan fingerprint density at radius 2 is 1.72 bits per heavy atom. The molecule has 3 rings (SSSR count). The summed E-state index contributed by atoms with van der Waals surface area (Å²) < 4.78 is 11.5. The van der Waals surface area contributed by atoms with Gasteiger partial charge in [-0.1, -0.05) is 19.1 Å². The van der Waals surface area contributed by atoms with Crippen LogP contribution < -0.4 is 20.7 Å². The molecule has 1 aliphatic heterocycles. The van der Waals surface area contributed by atoms with E-state index in [-0.39, 0.29) is 24.5 Å². The van der Waals surface area contributed by atoms with Crippen LogP contribution in [-0.2, 0) is 14.3 Å². The first kappa shape index (κ1) is 20.7. The Bertz CT molecular complexity index is 817. The number of hydrogen-bond donors (Lipinski definition) is 3. The van der Waals surface area contributed by atoms with Crippen LogP contribution >= 0.6 is 0 Å². The second-order valence-electron chi connectivity index (χ2n) is 6.82. The minimum absolute atomic E-state index is 0.0497. The number of rotatable bonds is 9. The van der Waals surface area contributed by atoms with Crippen molar-refractivity contribution in [2.45, 2.75) is 32.3 Å². The highest BCUT2D eigenvalue weighted by atomic mass is 16.5. The van der Waals surface area contributed by atoms with E-state index in [0.29, 0.717) is 30.2 Å². The van der Waals surface area contributed by atoms with Crippen molar-refractivity contribution in [1.29, 1.82) is 0 Å². The lowest BCUT2D eigenvalue weighted by Gasteiger charge is -2.15. The van der Waals surface area contributed by atoms with Gasteiger partial charge in [0.05, 0.1) is 18.3 Å². The third kappa shape index (κ3) is 6.50. The maximum Gasteiger partial charge on any atom is 0.243 e. The lowest BCUT2D eigenvalue weighted by atomic mass is 10.2. The molecule has 7 nitrogen and oxygen atoms in total. The Morgan fingerprint density at radius 3 is 2.38 bits per heavy atom. The smallest absolute Gasteiger partial charge is 0.243 e. The van der Waals surface area contributed by atoms with E-state index in [1.54, 1.807) is 31.2 Å². The van der Waals surface area contributed by atoms with E-state index >= 15 is 0 Å². The molecule has 154 valence electrons. The predicted octanol–water partition coefficient (Wildman–Crippen LogP) is 3.64. The van der Waals surface area contributed by atoms with Crippen LogP contribution in [0, 0.1) is 0 Å². The summed E-state index contributed by atoms with van der Waals surface area (Å²) in [6.07, 6.45) is 2.64. The number of carbonyl (C=O) groups excluding carboxylic acids is 2. The van der Waals surface area contributed by atoms with Crippen LogP contribution in [0.15, 0.2) is 48.5 Å². The number of ether oxygens (including phenoxy) is 2. The first-order valence-electron chi connectivity index (χ1n) is 9.91. The zero-order valence-electron chi connectivity index (χ0n) is 16.6. The van der Waals surface area contributed by atoms with Crippen molar-refractivity contribution in [1.82, 2.24) is 0 Å². The maximum atomic E-state index is 12.3. The molecule has 29 heavy (non-hydrogen) atoms. The van der Waals surface area contributed by atoms with Gasteiger partial charge in [0.15, 0.2) is 0 Å². The van der Waals surface area contributed by atoms with E-state index in [1.165, 1.54) is 0 Å². The Morgan fingerprint density at radius 1 is 1.03 bits per heavy atom. The predicted molar refractivity (Wildman–Crippen MR) is 113 cm³/mol. The van der Waals surface area contributed by atoms with E-state index in [4.69, 9.17) is 9.47 Å². The summed E-state index contributed by atoms with van der Waals surface area (Å²) in [4.78, 5) is 23.7. The van der Waals surface area contributed by atoms with E-state index in [2.05, 4.69) is 16.0 Å². The summed E-state index contributed by atoms with van der Waals surface area (Å²) >= 11 is 0. The molecule has 3 N–H and O–H groups in total. The van der Waals surface area contributed by atoms with E-state index < -0.39 is 0 Å². The van der Waals surface area contributed by atoms with Gasteiger partial charge in [0.25, 0.3) is 0 Å². The van der Waals surface area contributed by atoms with Crippen LogP contribution in [-0.4, -0.2) is 37.7 Å². The fourth-order valence-electron chi connectivity index (χ4n) is 2.96. The largest absolute Gasteiger partial charge is 0.489 e. The highest BCUT2D eigenvalue weighted by Gasteiger charge is 2.16. The number of para-hydroxylation sites is 2. The van der Waals surface area contributed by atoms with Gasteiger partial charge in [0.1, 0.15) is 12.4 Å². The van der Waals surface area contributed by atoms with Gasteiger partial charge in [0.2, 0.25) is 11.8 Å². The molecule has 1 saturated heterocycles. The van der Waals surface area contributed by atoms with Crippen LogP contribution in [0.4, 0.5) is 17.1 Å². The quantitative estimate of drug-likeness (QED) is 0.601. The average molecular weight is 397 g/mol.